The fourth-order valence-electron chi connectivity index (χ4n) is 3.56. The molecule has 1 N–H and O–H groups in total. The average molecular weight is 311 g/mol. The van der Waals surface area contributed by atoms with Crippen LogP contribution in [0.2, 0.25) is 0 Å². The molecule has 21 heavy (non-hydrogen) atoms. The van der Waals surface area contributed by atoms with Gasteiger partial charge in [0.2, 0.25) is 0 Å². The molecule has 118 valence electrons. The van der Waals surface area contributed by atoms with Crippen molar-refractivity contribution >= 4 is 9.84 Å². The lowest BCUT2D eigenvalue weighted by Gasteiger charge is -2.39. The average Bonchev–Trinajstić information content (AvgIpc) is 2.46. The van der Waals surface area contributed by atoms with Crippen LogP contribution in [0.25, 0.3) is 0 Å². The first-order chi connectivity index (χ1) is 9.90. The molecule has 0 aromatic heterocycles. The second-order valence-electron chi connectivity index (χ2n) is 6.13. The number of sulfone groups is 1. The van der Waals surface area contributed by atoms with Crippen LogP contribution < -0.4 is 10.1 Å². The molecule has 1 aromatic rings. The van der Waals surface area contributed by atoms with E-state index in [0.29, 0.717) is 16.6 Å². The molecule has 0 aliphatic heterocycles. The van der Waals surface area contributed by atoms with E-state index in [0.717, 1.165) is 12.8 Å². The van der Waals surface area contributed by atoms with Gasteiger partial charge < -0.3 is 10.1 Å². The Labute approximate surface area is 127 Å². The molecule has 0 spiro atoms. The van der Waals surface area contributed by atoms with Crippen molar-refractivity contribution in [3.8, 4) is 5.75 Å². The van der Waals surface area contributed by atoms with Crippen LogP contribution in [0.5, 0.6) is 5.75 Å². The maximum Gasteiger partial charge on any atom is 0.183 e. The third kappa shape index (κ3) is 3.24. The molecular formula is C16H25NO3S. The van der Waals surface area contributed by atoms with Gasteiger partial charge in [0.05, 0.1) is 17.3 Å². The van der Waals surface area contributed by atoms with Crippen molar-refractivity contribution in [2.75, 3.05) is 14.2 Å². The first kappa shape index (κ1) is 16.3. The maximum atomic E-state index is 13.0. The van der Waals surface area contributed by atoms with Crippen molar-refractivity contribution < 1.29 is 13.2 Å². The van der Waals surface area contributed by atoms with E-state index < -0.39 is 9.84 Å². The third-order valence-corrected chi connectivity index (χ3v) is 6.94. The highest BCUT2D eigenvalue weighted by Crippen LogP contribution is 2.36. The van der Waals surface area contributed by atoms with Crippen LogP contribution in [0.15, 0.2) is 29.2 Å². The predicted molar refractivity (Wildman–Crippen MR) is 84.4 cm³/mol. The Hall–Kier alpha value is -1.07. The van der Waals surface area contributed by atoms with Gasteiger partial charge in [-0.2, -0.15) is 0 Å². The molecule has 5 heteroatoms. The molecular weight excluding hydrogens is 286 g/mol. The standard InChI is InChI=1S/C16H25NO3S/c1-11-9-12(2)16(15(10-11)17-3)21(18,19)14-7-5-13(20-4)6-8-14/h5-8,11-12,15-17H,9-10H2,1-4H3. The Kier molecular flexibility index (Phi) is 4.94. The second-order valence-corrected chi connectivity index (χ2v) is 8.24. The first-order valence-corrected chi connectivity index (χ1v) is 9.00. The predicted octanol–water partition coefficient (Wildman–Crippen LogP) is 2.49. The molecule has 0 saturated heterocycles. The molecule has 1 aliphatic rings. The maximum absolute atomic E-state index is 13.0. The number of hydrogen-bond acceptors (Lipinski definition) is 4. The minimum absolute atomic E-state index is 0.0100. The smallest absolute Gasteiger partial charge is 0.183 e. The zero-order valence-electron chi connectivity index (χ0n) is 13.2. The molecule has 4 unspecified atom stereocenters. The highest BCUT2D eigenvalue weighted by Gasteiger charge is 2.42. The fourth-order valence-corrected chi connectivity index (χ4v) is 5.79. The van der Waals surface area contributed by atoms with E-state index in [1.807, 2.05) is 14.0 Å². The number of nitrogens with one attached hydrogen (secondary N) is 1. The van der Waals surface area contributed by atoms with Crippen molar-refractivity contribution in [2.45, 2.75) is 42.9 Å². The highest BCUT2D eigenvalue weighted by atomic mass is 32.2. The molecule has 2 rings (SSSR count). The summed E-state index contributed by atoms with van der Waals surface area (Å²) >= 11 is 0. The second kappa shape index (κ2) is 6.36. The van der Waals surface area contributed by atoms with E-state index in [9.17, 15) is 8.42 Å². The van der Waals surface area contributed by atoms with Crippen molar-refractivity contribution in [3.05, 3.63) is 24.3 Å². The molecule has 1 saturated carbocycles. The van der Waals surface area contributed by atoms with Gasteiger partial charge in [-0.25, -0.2) is 8.42 Å². The van der Waals surface area contributed by atoms with Crippen LogP contribution in [0.1, 0.15) is 26.7 Å². The van der Waals surface area contributed by atoms with E-state index in [1.54, 1.807) is 31.4 Å². The lowest BCUT2D eigenvalue weighted by Crippen LogP contribution is -2.50. The number of hydrogen-bond donors (Lipinski definition) is 1. The number of methoxy groups -OCH3 is 1. The minimum Gasteiger partial charge on any atom is -0.497 e. The van der Waals surface area contributed by atoms with Crippen molar-refractivity contribution in [1.29, 1.82) is 0 Å². The SMILES string of the molecule is CNC1CC(C)CC(C)C1S(=O)(=O)c1ccc(OC)cc1. The van der Waals surface area contributed by atoms with Gasteiger partial charge >= 0.3 is 0 Å². The zero-order chi connectivity index (χ0) is 15.6. The Bertz CT molecular complexity index is 568. The van der Waals surface area contributed by atoms with E-state index in [-0.39, 0.29) is 17.2 Å². The van der Waals surface area contributed by atoms with Gasteiger partial charge in [-0.05, 0) is 56.0 Å². The summed E-state index contributed by atoms with van der Waals surface area (Å²) in [6.45, 7) is 4.24. The molecule has 1 aliphatic carbocycles. The third-order valence-electron chi connectivity index (χ3n) is 4.50. The summed E-state index contributed by atoms with van der Waals surface area (Å²) in [5.41, 5.74) is 0. The van der Waals surface area contributed by atoms with Gasteiger partial charge in [0, 0.05) is 6.04 Å². The van der Waals surface area contributed by atoms with Crippen molar-refractivity contribution in [2.24, 2.45) is 11.8 Å². The molecule has 0 radical (unpaired) electrons. The first-order valence-electron chi connectivity index (χ1n) is 7.45. The molecule has 0 amide bonds. The summed E-state index contributed by atoms with van der Waals surface area (Å²) in [7, 11) is 0.0887. The topological polar surface area (TPSA) is 55.4 Å². The summed E-state index contributed by atoms with van der Waals surface area (Å²) in [5.74, 6) is 1.38. The van der Waals surface area contributed by atoms with Gasteiger partial charge in [-0.1, -0.05) is 13.8 Å². The van der Waals surface area contributed by atoms with Crippen molar-refractivity contribution in [3.63, 3.8) is 0 Å². The van der Waals surface area contributed by atoms with Crippen LogP contribution in [-0.4, -0.2) is 33.9 Å². The van der Waals surface area contributed by atoms with E-state index in [4.69, 9.17) is 4.74 Å². The monoisotopic (exact) mass is 311 g/mol. The van der Waals surface area contributed by atoms with Crippen LogP contribution in [0.3, 0.4) is 0 Å². The minimum atomic E-state index is -3.34. The van der Waals surface area contributed by atoms with Crippen molar-refractivity contribution in [1.82, 2.24) is 5.32 Å². The summed E-state index contributed by atoms with van der Waals surface area (Å²) in [6, 6.07) is 6.71. The number of ether oxygens (including phenoxy) is 1. The lowest BCUT2D eigenvalue weighted by atomic mass is 9.80. The van der Waals surface area contributed by atoms with E-state index in [2.05, 4.69) is 12.2 Å². The lowest BCUT2D eigenvalue weighted by molar-refractivity contribution is 0.249. The molecule has 0 bridgehead atoms. The van der Waals surface area contributed by atoms with Crippen LogP contribution in [0.4, 0.5) is 0 Å². The van der Waals surface area contributed by atoms with Crippen LogP contribution in [0, 0.1) is 11.8 Å². The molecule has 1 fully saturated rings. The van der Waals surface area contributed by atoms with E-state index >= 15 is 0 Å². The Morgan fingerprint density at radius 3 is 2.29 bits per heavy atom. The van der Waals surface area contributed by atoms with Gasteiger partial charge in [0.25, 0.3) is 0 Å². The number of benzene rings is 1. The molecule has 4 nitrogen and oxygen atoms in total. The summed E-state index contributed by atoms with van der Waals surface area (Å²) in [4.78, 5) is 0.384. The zero-order valence-corrected chi connectivity index (χ0v) is 14.0. The van der Waals surface area contributed by atoms with E-state index in [1.165, 1.54) is 0 Å². The quantitative estimate of drug-likeness (QED) is 0.928. The highest BCUT2D eigenvalue weighted by molar-refractivity contribution is 7.92. The fraction of sp³-hybridized carbons (Fsp3) is 0.625. The largest absolute Gasteiger partial charge is 0.497 e. The van der Waals surface area contributed by atoms with Crippen LogP contribution in [-0.2, 0) is 9.84 Å². The van der Waals surface area contributed by atoms with Crippen LogP contribution >= 0.6 is 0 Å². The molecule has 1 aromatic carbocycles. The van der Waals surface area contributed by atoms with Gasteiger partial charge in [-0.15, -0.1) is 0 Å². The van der Waals surface area contributed by atoms with Gasteiger partial charge in [-0.3, -0.25) is 0 Å². The number of rotatable bonds is 4. The Morgan fingerprint density at radius 2 is 1.76 bits per heavy atom. The van der Waals surface area contributed by atoms with Gasteiger partial charge in [0.1, 0.15) is 5.75 Å². The molecule has 0 heterocycles. The molecule has 4 atom stereocenters. The Morgan fingerprint density at radius 1 is 1.14 bits per heavy atom. The summed E-state index contributed by atoms with van der Waals surface area (Å²) in [6.07, 6.45) is 1.86. The summed E-state index contributed by atoms with van der Waals surface area (Å²) < 4.78 is 31.1. The van der Waals surface area contributed by atoms with Gasteiger partial charge in [0.15, 0.2) is 9.84 Å². The summed E-state index contributed by atoms with van der Waals surface area (Å²) in [5, 5.41) is 2.84. The normalized spacial score (nSPS) is 30.1. The Balaban J connectivity index is 2.35.